The van der Waals surface area contributed by atoms with Gasteiger partial charge >= 0.3 is 5.97 Å². The minimum Gasteiger partial charge on any atom is -0.480 e. The molecule has 2 N–H and O–H groups in total. The molecule has 1 atom stereocenters. The number of rotatable bonds is 10. The SMILES string of the molecule is CN(c1ncnc2ccccc12)[C@@H](CCOC1CC(CCc2ccc3c(n2)NCCC3)C1)C(=O)O. The van der Waals surface area contributed by atoms with Crippen molar-refractivity contribution >= 4 is 28.5 Å². The van der Waals surface area contributed by atoms with Gasteiger partial charge in [0.05, 0.1) is 11.6 Å². The van der Waals surface area contributed by atoms with Crippen molar-refractivity contribution in [1.82, 2.24) is 15.0 Å². The van der Waals surface area contributed by atoms with Gasteiger partial charge in [0.1, 0.15) is 24.0 Å². The third kappa shape index (κ3) is 5.37. The van der Waals surface area contributed by atoms with Crippen LogP contribution in [0.3, 0.4) is 0 Å². The number of benzene rings is 1. The molecule has 0 bridgehead atoms. The predicted molar refractivity (Wildman–Crippen MR) is 136 cm³/mol. The van der Waals surface area contributed by atoms with Gasteiger partial charge in [0.2, 0.25) is 0 Å². The summed E-state index contributed by atoms with van der Waals surface area (Å²) >= 11 is 0. The zero-order valence-electron chi connectivity index (χ0n) is 20.2. The van der Waals surface area contributed by atoms with Crippen LogP contribution >= 0.6 is 0 Å². The summed E-state index contributed by atoms with van der Waals surface area (Å²) in [7, 11) is 1.78. The highest BCUT2D eigenvalue weighted by Gasteiger charge is 2.31. The van der Waals surface area contributed by atoms with E-state index in [0.29, 0.717) is 24.8 Å². The molecular weight excluding hydrogens is 442 g/mol. The maximum absolute atomic E-state index is 12.0. The molecule has 5 rings (SSSR count). The first-order valence-corrected chi connectivity index (χ1v) is 12.6. The number of carboxylic acids is 1. The number of carbonyl (C=O) groups is 1. The lowest BCUT2D eigenvalue weighted by molar-refractivity contribution is -0.139. The van der Waals surface area contributed by atoms with Crippen LogP contribution in [0.4, 0.5) is 11.6 Å². The van der Waals surface area contributed by atoms with Crippen molar-refractivity contribution in [3.63, 3.8) is 0 Å². The fourth-order valence-corrected chi connectivity index (χ4v) is 5.15. The molecule has 3 aromatic rings. The molecule has 8 nitrogen and oxygen atoms in total. The molecule has 184 valence electrons. The third-order valence-electron chi connectivity index (χ3n) is 7.31. The van der Waals surface area contributed by atoms with Crippen LogP contribution in [0.5, 0.6) is 0 Å². The maximum Gasteiger partial charge on any atom is 0.326 e. The van der Waals surface area contributed by atoms with Crippen LogP contribution < -0.4 is 10.2 Å². The lowest BCUT2D eigenvalue weighted by atomic mass is 9.79. The highest BCUT2D eigenvalue weighted by molar-refractivity contribution is 5.91. The van der Waals surface area contributed by atoms with E-state index in [-0.39, 0.29) is 6.10 Å². The van der Waals surface area contributed by atoms with Gasteiger partial charge in [0.15, 0.2) is 0 Å². The molecule has 1 aliphatic heterocycles. The van der Waals surface area contributed by atoms with Gasteiger partial charge in [-0.15, -0.1) is 0 Å². The molecule has 1 aromatic carbocycles. The van der Waals surface area contributed by atoms with Crippen LogP contribution in [0.25, 0.3) is 10.9 Å². The number of likely N-dealkylation sites (N-methyl/N-ethyl adjacent to an activating group) is 1. The number of fused-ring (bicyclic) bond motifs is 2. The molecule has 2 aromatic heterocycles. The molecule has 35 heavy (non-hydrogen) atoms. The average Bonchev–Trinajstić information content (AvgIpc) is 2.86. The van der Waals surface area contributed by atoms with Crippen molar-refractivity contribution in [2.24, 2.45) is 5.92 Å². The first-order valence-electron chi connectivity index (χ1n) is 12.6. The number of aromatic nitrogens is 3. The molecule has 1 saturated carbocycles. The van der Waals surface area contributed by atoms with E-state index in [1.807, 2.05) is 24.3 Å². The van der Waals surface area contributed by atoms with E-state index < -0.39 is 12.0 Å². The molecule has 0 radical (unpaired) electrons. The van der Waals surface area contributed by atoms with E-state index in [0.717, 1.165) is 61.1 Å². The van der Waals surface area contributed by atoms with Gasteiger partial charge in [-0.2, -0.15) is 0 Å². The summed E-state index contributed by atoms with van der Waals surface area (Å²) in [6.07, 6.45) is 8.58. The molecule has 0 unspecified atom stereocenters. The molecule has 0 saturated heterocycles. The number of ether oxygens (including phenoxy) is 1. The number of carboxylic acid groups (broad SMARTS) is 1. The van der Waals surface area contributed by atoms with Crippen LogP contribution in [0.15, 0.2) is 42.7 Å². The van der Waals surface area contributed by atoms with Crippen LogP contribution in [0.2, 0.25) is 0 Å². The Morgan fingerprint density at radius 3 is 2.94 bits per heavy atom. The molecule has 0 spiro atoms. The molecule has 2 aliphatic rings. The van der Waals surface area contributed by atoms with Crippen molar-refractivity contribution in [3.8, 4) is 0 Å². The minimum atomic E-state index is -0.877. The quantitative estimate of drug-likeness (QED) is 0.452. The van der Waals surface area contributed by atoms with Crippen molar-refractivity contribution in [2.75, 3.05) is 30.4 Å². The third-order valence-corrected chi connectivity index (χ3v) is 7.31. The largest absolute Gasteiger partial charge is 0.480 e. The first-order chi connectivity index (χ1) is 17.1. The first kappa shape index (κ1) is 23.5. The summed E-state index contributed by atoms with van der Waals surface area (Å²) < 4.78 is 6.04. The van der Waals surface area contributed by atoms with Crippen LogP contribution in [0.1, 0.15) is 43.4 Å². The highest BCUT2D eigenvalue weighted by atomic mass is 16.5. The van der Waals surface area contributed by atoms with Gasteiger partial charge in [0.25, 0.3) is 0 Å². The van der Waals surface area contributed by atoms with Crippen LogP contribution in [0, 0.1) is 5.92 Å². The fourth-order valence-electron chi connectivity index (χ4n) is 5.15. The fraction of sp³-hybridized carbons (Fsp3) is 0.481. The molecular formula is C27H33N5O3. The number of para-hydroxylation sites is 1. The Bertz CT molecular complexity index is 1180. The van der Waals surface area contributed by atoms with Gasteiger partial charge < -0.3 is 20.1 Å². The van der Waals surface area contributed by atoms with E-state index >= 15 is 0 Å². The topological polar surface area (TPSA) is 100 Å². The smallest absolute Gasteiger partial charge is 0.326 e. The second-order valence-corrected chi connectivity index (χ2v) is 9.68. The van der Waals surface area contributed by atoms with Gasteiger partial charge in [-0.1, -0.05) is 18.2 Å². The Hall–Kier alpha value is -3.26. The van der Waals surface area contributed by atoms with Crippen molar-refractivity contribution in [1.29, 1.82) is 0 Å². The van der Waals surface area contributed by atoms with Crippen molar-refractivity contribution in [2.45, 2.75) is 57.1 Å². The van der Waals surface area contributed by atoms with Gasteiger partial charge in [-0.05, 0) is 68.2 Å². The molecule has 8 heteroatoms. The number of aliphatic carboxylic acids is 1. The zero-order chi connectivity index (χ0) is 24.2. The predicted octanol–water partition coefficient (Wildman–Crippen LogP) is 4.09. The number of pyridine rings is 1. The monoisotopic (exact) mass is 475 g/mol. The Balaban J connectivity index is 1.07. The number of aryl methyl sites for hydroxylation is 2. The summed E-state index contributed by atoms with van der Waals surface area (Å²) in [4.78, 5) is 27.2. The standard InChI is InChI=1S/C27H33N5O3/c1-32(26-22-6-2-3-7-23(22)29-17-30-26)24(27(33)34)12-14-35-21-15-18(16-21)8-10-20-11-9-19-5-4-13-28-25(19)31-20/h2-3,6-7,9,11,17-18,21,24H,4-5,8,10,12-16H2,1H3,(H,28,31)(H,33,34)/t18?,21?,24-/m0/s1. The highest BCUT2D eigenvalue weighted by Crippen LogP contribution is 2.34. The summed E-state index contributed by atoms with van der Waals surface area (Å²) in [6, 6.07) is 11.3. The van der Waals surface area contributed by atoms with Crippen LogP contribution in [-0.4, -0.2) is 58.4 Å². The lowest BCUT2D eigenvalue weighted by Gasteiger charge is -2.36. The normalized spacial score (nSPS) is 19.9. The number of hydrogen-bond acceptors (Lipinski definition) is 7. The van der Waals surface area contributed by atoms with Crippen molar-refractivity contribution < 1.29 is 14.6 Å². The minimum absolute atomic E-state index is 0.220. The molecule has 3 heterocycles. The number of nitrogens with zero attached hydrogens (tertiary/aromatic N) is 4. The van der Waals surface area contributed by atoms with Crippen molar-refractivity contribution in [3.05, 3.63) is 54.0 Å². The van der Waals surface area contributed by atoms with E-state index in [2.05, 4.69) is 27.4 Å². The van der Waals surface area contributed by atoms with E-state index in [4.69, 9.17) is 9.72 Å². The number of anilines is 2. The summed E-state index contributed by atoms with van der Waals surface area (Å²) in [5.74, 6) is 1.46. The number of nitrogens with one attached hydrogen (secondary N) is 1. The zero-order valence-corrected chi connectivity index (χ0v) is 20.2. The van der Waals surface area contributed by atoms with E-state index in [1.165, 1.54) is 18.3 Å². The van der Waals surface area contributed by atoms with Crippen LogP contribution in [-0.2, 0) is 22.4 Å². The molecule has 0 amide bonds. The Kier molecular flexibility index (Phi) is 7.08. The van der Waals surface area contributed by atoms with E-state index in [1.54, 1.807) is 11.9 Å². The Morgan fingerprint density at radius 2 is 2.09 bits per heavy atom. The van der Waals surface area contributed by atoms with Gasteiger partial charge in [-0.25, -0.2) is 19.7 Å². The van der Waals surface area contributed by atoms with E-state index in [9.17, 15) is 9.90 Å². The Labute approximate surface area is 205 Å². The number of hydrogen-bond donors (Lipinski definition) is 2. The summed E-state index contributed by atoms with van der Waals surface area (Å²) in [5.41, 5.74) is 3.29. The van der Waals surface area contributed by atoms with Gasteiger partial charge in [-0.3, -0.25) is 0 Å². The molecule has 1 aliphatic carbocycles. The maximum atomic E-state index is 12.0. The Morgan fingerprint density at radius 1 is 1.23 bits per heavy atom. The average molecular weight is 476 g/mol. The van der Waals surface area contributed by atoms with Gasteiger partial charge in [0, 0.05) is 37.7 Å². The summed E-state index contributed by atoms with van der Waals surface area (Å²) in [5, 5.41) is 14.1. The summed E-state index contributed by atoms with van der Waals surface area (Å²) in [6.45, 7) is 1.43. The molecule has 1 fully saturated rings. The second-order valence-electron chi connectivity index (χ2n) is 9.68. The second kappa shape index (κ2) is 10.6. The lowest BCUT2D eigenvalue weighted by Crippen LogP contribution is -2.41.